The first-order valence-electron chi connectivity index (χ1n) is 9.81. The molecule has 0 rings (SSSR count). The number of nitrogens with two attached hydrogens (primary N) is 2. The topological polar surface area (TPSA) is 136 Å². The van der Waals surface area contributed by atoms with Gasteiger partial charge in [0.25, 0.3) is 0 Å². The van der Waals surface area contributed by atoms with Gasteiger partial charge in [-0.2, -0.15) is 0 Å². The van der Waals surface area contributed by atoms with Crippen LogP contribution in [0.25, 0.3) is 0 Å². The second kappa shape index (κ2) is 13.7. The molecule has 0 saturated carbocycles. The summed E-state index contributed by atoms with van der Waals surface area (Å²) in [4.78, 5) is 36.0. The number of amides is 1. The third-order valence-electron chi connectivity index (χ3n) is 4.69. The lowest BCUT2D eigenvalue weighted by atomic mass is 9.89. The van der Waals surface area contributed by atoms with Gasteiger partial charge in [0.2, 0.25) is 5.91 Å². The van der Waals surface area contributed by atoms with Gasteiger partial charge in [0.05, 0.1) is 0 Å². The van der Waals surface area contributed by atoms with Crippen LogP contribution in [0.1, 0.15) is 78.6 Å². The molecule has 4 unspecified atom stereocenters. The Morgan fingerprint density at radius 3 is 2.00 bits per heavy atom. The van der Waals surface area contributed by atoms with Gasteiger partial charge in [0.15, 0.2) is 11.8 Å². The van der Waals surface area contributed by atoms with E-state index in [9.17, 15) is 19.5 Å². The summed E-state index contributed by atoms with van der Waals surface area (Å²) in [7, 11) is 0. The molecule has 0 bridgehead atoms. The molecular formula is C19H37N3O4. The maximum absolute atomic E-state index is 12.5. The van der Waals surface area contributed by atoms with Crippen molar-refractivity contribution in [2.24, 2.45) is 17.4 Å². The molecule has 0 aromatic carbocycles. The summed E-state index contributed by atoms with van der Waals surface area (Å²) in [5.41, 5.74) is 11.9. The first-order chi connectivity index (χ1) is 12.2. The lowest BCUT2D eigenvalue weighted by Crippen LogP contribution is -2.52. The zero-order chi connectivity index (χ0) is 20.1. The van der Waals surface area contributed by atoms with E-state index in [1.165, 1.54) is 0 Å². The van der Waals surface area contributed by atoms with Crippen LogP contribution in [0.5, 0.6) is 0 Å². The fourth-order valence-electron chi connectivity index (χ4n) is 2.83. The fraction of sp³-hybridized carbons (Fsp3) is 0.842. The lowest BCUT2D eigenvalue weighted by Gasteiger charge is -2.23. The number of aliphatic carboxylic acids is 1. The van der Waals surface area contributed by atoms with Gasteiger partial charge in [0.1, 0.15) is 0 Å². The number of carbonyl (C=O) groups excluding carboxylic acids is 2. The molecule has 1 amide bonds. The van der Waals surface area contributed by atoms with Crippen molar-refractivity contribution in [3.8, 4) is 0 Å². The minimum atomic E-state index is -1.57. The summed E-state index contributed by atoms with van der Waals surface area (Å²) in [6, 6.07) is -2.32. The normalized spacial score (nSPS) is 15.7. The van der Waals surface area contributed by atoms with Crippen molar-refractivity contribution < 1.29 is 19.5 Å². The average Bonchev–Trinajstić information content (AvgIpc) is 2.58. The highest BCUT2D eigenvalue weighted by Gasteiger charge is 2.34. The number of carboxylic acids is 1. The van der Waals surface area contributed by atoms with Crippen molar-refractivity contribution in [2.75, 3.05) is 0 Å². The summed E-state index contributed by atoms with van der Waals surface area (Å²) in [5.74, 6) is -3.07. The molecule has 7 heteroatoms. The van der Waals surface area contributed by atoms with Gasteiger partial charge in [-0.3, -0.25) is 9.59 Å². The number of carboxylic acid groups (broad SMARTS) is 1. The highest BCUT2D eigenvalue weighted by molar-refractivity contribution is 6.06. The first kappa shape index (κ1) is 24.5. The van der Waals surface area contributed by atoms with Gasteiger partial charge in [-0.1, -0.05) is 59.3 Å². The number of carbonyl (C=O) groups is 3. The fourth-order valence-corrected chi connectivity index (χ4v) is 2.83. The van der Waals surface area contributed by atoms with Crippen LogP contribution in [0.2, 0.25) is 0 Å². The molecule has 0 aliphatic heterocycles. The van der Waals surface area contributed by atoms with E-state index in [-0.39, 0.29) is 12.5 Å². The van der Waals surface area contributed by atoms with Gasteiger partial charge in [-0.25, -0.2) is 4.79 Å². The van der Waals surface area contributed by atoms with Crippen LogP contribution in [-0.4, -0.2) is 40.9 Å². The van der Waals surface area contributed by atoms with E-state index < -0.39 is 35.7 Å². The van der Waals surface area contributed by atoms with Gasteiger partial charge in [0, 0.05) is 24.4 Å². The predicted octanol–water partition coefficient (Wildman–Crippen LogP) is 1.97. The van der Waals surface area contributed by atoms with E-state index in [0.29, 0.717) is 12.8 Å². The number of rotatable bonds is 15. The van der Waals surface area contributed by atoms with Crippen molar-refractivity contribution in [1.82, 2.24) is 5.32 Å². The molecule has 0 saturated heterocycles. The second-order valence-electron chi connectivity index (χ2n) is 7.15. The largest absolute Gasteiger partial charge is 0.479 e. The summed E-state index contributed by atoms with van der Waals surface area (Å²) < 4.78 is 0. The van der Waals surface area contributed by atoms with Crippen molar-refractivity contribution in [3.05, 3.63) is 0 Å². The number of Topliss-reactive ketones (excluding diaryl/α,β-unsaturated/α-hetero) is 1. The van der Waals surface area contributed by atoms with Crippen LogP contribution in [-0.2, 0) is 14.4 Å². The van der Waals surface area contributed by atoms with E-state index in [4.69, 9.17) is 11.5 Å². The van der Waals surface area contributed by atoms with Gasteiger partial charge in [-0.05, 0) is 12.8 Å². The summed E-state index contributed by atoms with van der Waals surface area (Å²) in [6.07, 6.45) is 7.35. The number of hydrogen-bond acceptors (Lipinski definition) is 5. The Bertz CT molecular complexity index is 443. The Hall–Kier alpha value is -1.47. The predicted molar refractivity (Wildman–Crippen MR) is 103 cm³/mol. The quantitative estimate of drug-likeness (QED) is 0.257. The Labute approximate surface area is 157 Å². The minimum absolute atomic E-state index is 0.0116. The standard InChI is InChI=1S/C19H37N3O4/c1-4-6-8-10-14(20)12-16(23)22-17(19(25)26)18(24)13(3)15(21)11-9-7-5-2/h13-15,17H,4-12,20-21H2,1-3H3,(H,22,23)(H,25,26). The monoisotopic (exact) mass is 371 g/mol. The molecule has 26 heavy (non-hydrogen) atoms. The number of hydrogen-bond donors (Lipinski definition) is 4. The van der Waals surface area contributed by atoms with Crippen molar-refractivity contribution >= 4 is 17.7 Å². The SMILES string of the molecule is CCCCCC(N)CC(=O)NC(C(=O)O)C(=O)C(C)C(N)CCCCC. The molecule has 0 aliphatic carbocycles. The summed E-state index contributed by atoms with van der Waals surface area (Å²) in [5, 5.41) is 11.7. The summed E-state index contributed by atoms with van der Waals surface area (Å²) in [6.45, 7) is 5.77. The minimum Gasteiger partial charge on any atom is -0.479 e. The van der Waals surface area contributed by atoms with Crippen molar-refractivity contribution in [1.29, 1.82) is 0 Å². The van der Waals surface area contributed by atoms with Crippen LogP contribution in [0.15, 0.2) is 0 Å². The molecule has 0 aromatic heterocycles. The van der Waals surface area contributed by atoms with Gasteiger partial charge < -0.3 is 21.9 Å². The van der Waals surface area contributed by atoms with Gasteiger partial charge in [-0.15, -0.1) is 0 Å². The van der Waals surface area contributed by atoms with Crippen molar-refractivity contribution in [3.63, 3.8) is 0 Å². The lowest BCUT2D eigenvalue weighted by molar-refractivity contribution is -0.147. The van der Waals surface area contributed by atoms with E-state index in [1.54, 1.807) is 6.92 Å². The second-order valence-corrected chi connectivity index (χ2v) is 7.15. The Morgan fingerprint density at radius 1 is 0.962 bits per heavy atom. The van der Waals surface area contributed by atoms with E-state index in [0.717, 1.165) is 38.5 Å². The molecule has 0 aliphatic rings. The van der Waals surface area contributed by atoms with Gasteiger partial charge >= 0.3 is 5.97 Å². The number of ketones is 1. The third-order valence-corrected chi connectivity index (χ3v) is 4.69. The molecule has 0 spiro atoms. The van der Waals surface area contributed by atoms with E-state index in [2.05, 4.69) is 19.2 Å². The zero-order valence-electron chi connectivity index (χ0n) is 16.5. The molecule has 4 atom stereocenters. The Balaban J connectivity index is 4.63. The van der Waals surface area contributed by atoms with Crippen LogP contribution in [0.3, 0.4) is 0 Å². The first-order valence-corrected chi connectivity index (χ1v) is 9.81. The zero-order valence-corrected chi connectivity index (χ0v) is 16.5. The van der Waals surface area contributed by atoms with Crippen LogP contribution >= 0.6 is 0 Å². The molecule has 6 N–H and O–H groups in total. The molecule has 152 valence electrons. The third kappa shape index (κ3) is 9.87. The highest BCUT2D eigenvalue weighted by Crippen LogP contribution is 2.13. The molecule has 0 heterocycles. The van der Waals surface area contributed by atoms with Crippen LogP contribution in [0.4, 0.5) is 0 Å². The van der Waals surface area contributed by atoms with Crippen LogP contribution < -0.4 is 16.8 Å². The van der Waals surface area contributed by atoms with E-state index >= 15 is 0 Å². The molecule has 7 nitrogen and oxygen atoms in total. The molecule has 0 fully saturated rings. The Kier molecular flexibility index (Phi) is 12.9. The van der Waals surface area contributed by atoms with Crippen molar-refractivity contribution in [2.45, 2.75) is 96.7 Å². The number of unbranched alkanes of at least 4 members (excludes halogenated alkanes) is 4. The molecule has 0 aromatic rings. The molecular weight excluding hydrogens is 334 g/mol. The maximum Gasteiger partial charge on any atom is 0.334 e. The number of nitrogens with one attached hydrogen (secondary N) is 1. The molecule has 0 radical (unpaired) electrons. The average molecular weight is 372 g/mol. The summed E-state index contributed by atoms with van der Waals surface area (Å²) >= 11 is 0. The Morgan fingerprint density at radius 2 is 1.50 bits per heavy atom. The maximum atomic E-state index is 12.5. The van der Waals surface area contributed by atoms with Crippen LogP contribution in [0, 0.1) is 5.92 Å². The highest BCUT2D eigenvalue weighted by atomic mass is 16.4. The van der Waals surface area contributed by atoms with E-state index in [1.807, 2.05) is 0 Å². The smallest absolute Gasteiger partial charge is 0.334 e.